The van der Waals surface area contributed by atoms with E-state index in [2.05, 4.69) is 19.2 Å². The van der Waals surface area contributed by atoms with Gasteiger partial charge >= 0.3 is 0 Å². The van der Waals surface area contributed by atoms with Gasteiger partial charge in [0.2, 0.25) is 0 Å². The maximum absolute atomic E-state index is 6.03. The van der Waals surface area contributed by atoms with Crippen molar-refractivity contribution in [3.05, 3.63) is 0 Å². The molecule has 1 N–H and O–H groups in total. The third kappa shape index (κ3) is 3.28. The zero-order chi connectivity index (χ0) is 9.73. The van der Waals surface area contributed by atoms with Crippen LogP contribution >= 0.6 is 0 Å². The lowest BCUT2D eigenvalue weighted by Gasteiger charge is -2.30. The summed E-state index contributed by atoms with van der Waals surface area (Å²) >= 11 is 0. The molecule has 1 saturated carbocycles. The quantitative estimate of drug-likeness (QED) is 0.709. The molecule has 0 aromatic heterocycles. The molecule has 1 aliphatic rings. The molecule has 2 heteroatoms. The minimum atomic E-state index is 0.166. The summed E-state index contributed by atoms with van der Waals surface area (Å²) in [5.74, 6) is 0.648. The van der Waals surface area contributed by atoms with Crippen molar-refractivity contribution in [3.8, 4) is 0 Å². The van der Waals surface area contributed by atoms with Crippen LogP contribution in [0.25, 0.3) is 0 Å². The monoisotopic (exact) mass is 185 g/mol. The fourth-order valence-corrected chi connectivity index (χ4v) is 2.06. The first-order valence-electron chi connectivity index (χ1n) is 5.47. The van der Waals surface area contributed by atoms with Gasteiger partial charge in [-0.15, -0.1) is 0 Å². The van der Waals surface area contributed by atoms with Gasteiger partial charge in [-0.3, -0.25) is 0 Å². The van der Waals surface area contributed by atoms with Gasteiger partial charge in [0.05, 0.1) is 5.60 Å². The molecular formula is C11H23NO. The van der Waals surface area contributed by atoms with Gasteiger partial charge in [-0.25, -0.2) is 0 Å². The van der Waals surface area contributed by atoms with Crippen LogP contribution in [0.3, 0.4) is 0 Å². The van der Waals surface area contributed by atoms with Gasteiger partial charge in [0.1, 0.15) is 0 Å². The summed E-state index contributed by atoms with van der Waals surface area (Å²) < 4.78 is 6.03. The largest absolute Gasteiger partial charge is 0.373 e. The third-order valence-electron chi connectivity index (χ3n) is 2.74. The van der Waals surface area contributed by atoms with Gasteiger partial charge in [-0.2, -0.15) is 0 Å². The van der Waals surface area contributed by atoms with Gasteiger partial charge in [0.25, 0.3) is 0 Å². The van der Waals surface area contributed by atoms with Crippen molar-refractivity contribution in [3.63, 3.8) is 0 Å². The molecule has 1 rings (SSSR count). The van der Waals surface area contributed by atoms with Crippen molar-refractivity contribution < 1.29 is 4.74 Å². The van der Waals surface area contributed by atoms with Crippen LogP contribution < -0.4 is 5.32 Å². The smallest absolute Gasteiger partial charge is 0.0806 e. The summed E-state index contributed by atoms with van der Waals surface area (Å²) in [7, 11) is 2.01. The summed E-state index contributed by atoms with van der Waals surface area (Å²) in [5.41, 5.74) is 0.166. The first kappa shape index (κ1) is 11.0. The molecule has 0 aromatic carbocycles. The van der Waals surface area contributed by atoms with Crippen molar-refractivity contribution in [2.75, 3.05) is 20.2 Å². The van der Waals surface area contributed by atoms with E-state index < -0.39 is 0 Å². The van der Waals surface area contributed by atoms with Gasteiger partial charge in [0, 0.05) is 13.2 Å². The summed E-state index contributed by atoms with van der Waals surface area (Å²) in [6, 6.07) is 0. The van der Waals surface area contributed by atoms with Gasteiger partial charge < -0.3 is 10.1 Å². The van der Waals surface area contributed by atoms with Crippen LogP contribution in [0.5, 0.6) is 0 Å². The Bertz CT molecular complexity index is 139. The molecular weight excluding hydrogens is 162 g/mol. The summed E-state index contributed by atoms with van der Waals surface area (Å²) in [6.07, 6.45) is 5.14. The van der Waals surface area contributed by atoms with Crippen molar-refractivity contribution in [2.24, 2.45) is 5.92 Å². The molecule has 0 saturated heterocycles. The minimum Gasteiger partial charge on any atom is -0.373 e. The number of likely N-dealkylation sites (N-methyl/N-ethyl adjacent to an activating group) is 1. The maximum Gasteiger partial charge on any atom is 0.0806 e. The first-order chi connectivity index (χ1) is 6.18. The Morgan fingerprint density at radius 2 is 1.92 bits per heavy atom. The fourth-order valence-electron chi connectivity index (χ4n) is 2.06. The van der Waals surface area contributed by atoms with Crippen molar-refractivity contribution in [1.29, 1.82) is 0 Å². The van der Waals surface area contributed by atoms with Crippen molar-refractivity contribution in [2.45, 2.75) is 45.1 Å². The van der Waals surface area contributed by atoms with Crippen LogP contribution in [0.1, 0.15) is 39.5 Å². The molecule has 0 aliphatic heterocycles. The highest BCUT2D eigenvalue weighted by molar-refractivity contribution is 4.88. The van der Waals surface area contributed by atoms with E-state index in [1.54, 1.807) is 0 Å². The predicted molar refractivity (Wildman–Crippen MR) is 55.9 cm³/mol. The minimum absolute atomic E-state index is 0.166. The van der Waals surface area contributed by atoms with E-state index in [1.165, 1.54) is 25.7 Å². The molecule has 78 valence electrons. The molecule has 1 fully saturated rings. The van der Waals surface area contributed by atoms with Gasteiger partial charge in [-0.1, -0.05) is 26.7 Å². The van der Waals surface area contributed by atoms with Crippen LogP contribution in [-0.2, 0) is 4.74 Å². The van der Waals surface area contributed by atoms with Crippen LogP contribution in [-0.4, -0.2) is 25.8 Å². The molecule has 0 heterocycles. The van der Waals surface area contributed by atoms with E-state index in [0.29, 0.717) is 5.92 Å². The number of nitrogens with one attached hydrogen (secondary N) is 1. The maximum atomic E-state index is 6.03. The van der Waals surface area contributed by atoms with Gasteiger partial charge in [-0.05, 0) is 25.8 Å². The molecule has 0 aromatic rings. The van der Waals surface area contributed by atoms with E-state index in [1.807, 2.05) is 7.05 Å². The van der Waals surface area contributed by atoms with Gasteiger partial charge in [0.15, 0.2) is 0 Å². The van der Waals surface area contributed by atoms with Crippen LogP contribution in [0.4, 0.5) is 0 Å². The average molecular weight is 185 g/mol. The van der Waals surface area contributed by atoms with Crippen LogP contribution in [0.15, 0.2) is 0 Å². The molecule has 0 unspecified atom stereocenters. The highest BCUT2D eigenvalue weighted by Crippen LogP contribution is 2.32. The van der Waals surface area contributed by atoms with E-state index in [0.717, 1.165) is 13.2 Å². The Balaban J connectivity index is 2.37. The first-order valence-corrected chi connectivity index (χ1v) is 5.47. The Labute approximate surface area is 82.0 Å². The average Bonchev–Trinajstić information content (AvgIpc) is 2.51. The van der Waals surface area contributed by atoms with Crippen LogP contribution in [0, 0.1) is 5.92 Å². The number of hydrogen-bond acceptors (Lipinski definition) is 2. The third-order valence-corrected chi connectivity index (χ3v) is 2.74. The van der Waals surface area contributed by atoms with E-state index in [-0.39, 0.29) is 5.60 Å². The normalized spacial score (nSPS) is 21.2. The SMILES string of the molecule is CNCC1(OCC(C)C)CCCC1. The molecule has 0 radical (unpaired) electrons. The number of ether oxygens (including phenoxy) is 1. The fraction of sp³-hybridized carbons (Fsp3) is 1.00. The Kier molecular flexibility index (Phi) is 4.20. The standard InChI is InChI=1S/C11H23NO/c1-10(2)8-13-11(9-12-3)6-4-5-7-11/h10,12H,4-9H2,1-3H3. The molecule has 13 heavy (non-hydrogen) atoms. The van der Waals surface area contributed by atoms with E-state index in [9.17, 15) is 0 Å². The summed E-state index contributed by atoms with van der Waals surface area (Å²) in [6.45, 7) is 6.34. The summed E-state index contributed by atoms with van der Waals surface area (Å²) in [5, 5.41) is 3.25. The zero-order valence-electron chi connectivity index (χ0n) is 9.23. The van der Waals surface area contributed by atoms with E-state index in [4.69, 9.17) is 4.74 Å². The molecule has 0 bridgehead atoms. The molecule has 1 aliphatic carbocycles. The lowest BCUT2D eigenvalue weighted by Crippen LogP contribution is -2.40. The molecule has 2 nitrogen and oxygen atoms in total. The second kappa shape index (κ2) is 4.97. The highest BCUT2D eigenvalue weighted by Gasteiger charge is 2.33. The zero-order valence-corrected chi connectivity index (χ0v) is 9.23. The Hall–Kier alpha value is -0.0800. The second-order valence-corrected chi connectivity index (χ2v) is 4.63. The topological polar surface area (TPSA) is 21.3 Å². The predicted octanol–water partition coefficient (Wildman–Crippen LogP) is 2.19. The Morgan fingerprint density at radius 3 is 2.38 bits per heavy atom. The van der Waals surface area contributed by atoms with Crippen LogP contribution in [0.2, 0.25) is 0 Å². The Morgan fingerprint density at radius 1 is 1.31 bits per heavy atom. The number of hydrogen-bond donors (Lipinski definition) is 1. The highest BCUT2D eigenvalue weighted by atomic mass is 16.5. The second-order valence-electron chi connectivity index (χ2n) is 4.63. The van der Waals surface area contributed by atoms with E-state index >= 15 is 0 Å². The summed E-state index contributed by atoms with van der Waals surface area (Å²) in [4.78, 5) is 0. The number of rotatable bonds is 5. The molecule has 0 amide bonds. The lowest BCUT2D eigenvalue weighted by molar-refractivity contribution is -0.0497. The van der Waals surface area contributed by atoms with Crippen molar-refractivity contribution in [1.82, 2.24) is 5.32 Å². The van der Waals surface area contributed by atoms with Crippen molar-refractivity contribution >= 4 is 0 Å². The molecule has 0 spiro atoms. The molecule has 0 atom stereocenters. The lowest BCUT2D eigenvalue weighted by atomic mass is 10.0.